The van der Waals surface area contributed by atoms with Gasteiger partial charge in [0.25, 0.3) is 0 Å². The smallest absolute Gasteiger partial charge is 0.00404 e. The monoisotopic (exact) mass is 56.0 g/mol. The van der Waals surface area contributed by atoms with Crippen molar-refractivity contribution >= 4 is 7.85 Å². The quantitative estimate of drug-likeness (QED) is 0.404. The molecular weight excluding hydrogens is 50.8 g/mol. The van der Waals surface area contributed by atoms with E-state index in [0.717, 1.165) is 0 Å². The second-order valence-electron chi connectivity index (χ2n) is 0.512. The Bertz CT molecular complexity index is 8.00. The Morgan fingerprint density at radius 3 is 2.00 bits per heavy atom. The van der Waals surface area contributed by atoms with Crippen LogP contribution in [0.1, 0.15) is 0 Å². The van der Waals surface area contributed by atoms with Gasteiger partial charge in [-0.05, 0) is 0 Å². The number of hydrogen-bond donors (Lipinski definition) is 1. The predicted octanol–water partition coefficient (Wildman–Crippen LogP) is -0.435. The lowest BCUT2D eigenvalue weighted by atomic mass is 10.1. The van der Waals surface area contributed by atoms with Crippen LogP contribution in [-0.4, -0.2) is 19.6 Å². The fraction of sp³-hybridized carbons (Fsp3) is 1.00. The fourth-order valence-corrected chi connectivity index (χ4v) is 0. The summed E-state index contributed by atoms with van der Waals surface area (Å²) in [6, 6.07) is 0. The number of aliphatic hydroxyl groups excluding tert-OH is 1. The molecule has 0 atom stereocenters. The maximum Gasteiger partial charge on any atom is 0.00404 e. The van der Waals surface area contributed by atoms with Gasteiger partial charge < -0.3 is 13.0 Å². The van der Waals surface area contributed by atoms with E-state index in [9.17, 15) is 0 Å². The summed E-state index contributed by atoms with van der Waals surface area (Å²) in [6.07, 6.45) is 0.375. The third-order valence-corrected chi connectivity index (χ3v) is 0.129. The predicted molar refractivity (Wildman–Crippen MR) is 17.6 cm³/mol. The van der Waals surface area contributed by atoms with E-state index in [1.807, 2.05) is 0 Å². The summed E-state index contributed by atoms with van der Waals surface area (Å²) in [4.78, 5) is 0. The van der Waals surface area contributed by atoms with Crippen molar-refractivity contribution in [3.8, 4) is 0 Å². The van der Waals surface area contributed by atoms with Gasteiger partial charge in [-0.3, -0.25) is 6.32 Å². The zero-order chi connectivity index (χ0) is 3.41. The van der Waals surface area contributed by atoms with E-state index in [2.05, 4.69) is 0 Å². The van der Waals surface area contributed by atoms with Gasteiger partial charge >= 0.3 is 0 Å². The summed E-state index contributed by atoms with van der Waals surface area (Å²) in [5.41, 5.74) is 0. The van der Waals surface area contributed by atoms with Crippen molar-refractivity contribution in [1.29, 1.82) is 0 Å². The van der Waals surface area contributed by atoms with Gasteiger partial charge in [-0.2, -0.15) is 0 Å². The molecule has 0 heterocycles. The van der Waals surface area contributed by atoms with Gasteiger partial charge in [-0.1, -0.05) is 0 Å². The van der Waals surface area contributed by atoms with Crippen LogP contribution in [0.15, 0.2) is 0 Å². The Labute approximate surface area is 27.1 Å². The first-order chi connectivity index (χ1) is 1.91. The first-order valence-corrected chi connectivity index (χ1v) is 1.22. The highest BCUT2D eigenvalue weighted by atomic mass is 16.2. The number of hydrogen-bond acceptors (Lipinski definition) is 1. The van der Waals surface area contributed by atoms with Gasteiger partial charge in [-0.25, -0.2) is 0 Å². The molecule has 0 unspecified atom stereocenters. The molecular formula is C2H5BO-. The van der Waals surface area contributed by atoms with E-state index < -0.39 is 0 Å². The molecule has 0 saturated carbocycles. The molecule has 2 heteroatoms. The first-order valence-electron chi connectivity index (χ1n) is 1.22. The Morgan fingerprint density at radius 1 is 1.75 bits per heavy atom. The minimum absolute atomic E-state index is 0.0972. The van der Waals surface area contributed by atoms with Gasteiger partial charge in [0.05, 0.1) is 0 Å². The molecule has 0 aromatic rings. The second-order valence-corrected chi connectivity index (χ2v) is 0.512. The fourth-order valence-electron chi connectivity index (χ4n) is 0. The van der Waals surface area contributed by atoms with E-state index in [1.54, 1.807) is 0 Å². The SMILES string of the molecule is [B-]CCO. The van der Waals surface area contributed by atoms with Gasteiger partial charge in [0.15, 0.2) is 0 Å². The van der Waals surface area contributed by atoms with Crippen LogP contribution in [0.5, 0.6) is 0 Å². The van der Waals surface area contributed by atoms with Crippen molar-refractivity contribution in [2.45, 2.75) is 6.32 Å². The molecule has 0 aromatic heterocycles. The summed E-state index contributed by atoms with van der Waals surface area (Å²) >= 11 is 0. The zero-order valence-electron chi connectivity index (χ0n) is 2.44. The maximum atomic E-state index is 7.75. The lowest BCUT2D eigenvalue weighted by Crippen LogP contribution is -1.73. The van der Waals surface area contributed by atoms with Crippen LogP contribution in [0, 0.1) is 0 Å². The lowest BCUT2D eigenvalue weighted by Gasteiger charge is -1.88. The maximum absolute atomic E-state index is 7.75. The average Bonchev–Trinajstić information content (AvgIpc) is 1.37. The Hall–Kier alpha value is 0.0249. The average molecular weight is 55.9 g/mol. The van der Waals surface area contributed by atoms with E-state index in [4.69, 9.17) is 13.0 Å². The molecule has 0 fully saturated rings. The van der Waals surface area contributed by atoms with Crippen LogP contribution >= 0.6 is 0 Å². The molecule has 0 aliphatic carbocycles. The highest BCUT2D eigenvalue weighted by molar-refractivity contribution is 6.08. The molecule has 23 valence electrons. The van der Waals surface area contributed by atoms with Crippen molar-refractivity contribution < 1.29 is 5.11 Å². The molecule has 3 radical (unpaired) electrons. The molecule has 4 heavy (non-hydrogen) atoms. The van der Waals surface area contributed by atoms with Gasteiger partial charge in [0.2, 0.25) is 0 Å². The summed E-state index contributed by atoms with van der Waals surface area (Å²) in [5, 5.41) is 7.75. The highest BCUT2D eigenvalue weighted by Crippen LogP contribution is 1.56. The van der Waals surface area contributed by atoms with Crippen molar-refractivity contribution in [1.82, 2.24) is 0 Å². The van der Waals surface area contributed by atoms with Crippen LogP contribution in [0.4, 0.5) is 0 Å². The van der Waals surface area contributed by atoms with E-state index in [0.29, 0.717) is 6.32 Å². The summed E-state index contributed by atoms with van der Waals surface area (Å²) in [6.45, 7) is 0.0972. The molecule has 0 amide bonds. The van der Waals surface area contributed by atoms with Gasteiger partial charge in [0.1, 0.15) is 0 Å². The standard InChI is InChI=1S/C2H5BO/c3-1-2-4/h4H,1-2H2/q-1. The van der Waals surface area contributed by atoms with E-state index in [-0.39, 0.29) is 6.61 Å². The van der Waals surface area contributed by atoms with Crippen molar-refractivity contribution in [2.24, 2.45) is 0 Å². The highest BCUT2D eigenvalue weighted by Gasteiger charge is 1.41. The molecule has 0 aromatic carbocycles. The molecule has 0 bridgehead atoms. The second kappa shape index (κ2) is 3.02. The minimum atomic E-state index is 0.0972. The van der Waals surface area contributed by atoms with Crippen LogP contribution < -0.4 is 0 Å². The summed E-state index contributed by atoms with van der Waals surface area (Å²) < 4.78 is 0. The van der Waals surface area contributed by atoms with Crippen LogP contribution in [0.2, 0.25) is 6.32 Å². The molecule has 1 N–H and O–H groups in total. The molecule has 0 aliphatic rings. The lowest BCUT2D eigenvalue weighted by molar-refractivity contribution is 0.319. The van der Waals surface area contributed by atoms with Gasteiger partial charge in [0, 0.05) is 6.61 Å². The Balaban J connectivity index is 1.97. The van der Waals surface area contributed by atoms with Crippen molar-refractivity contribution in [3.63, 3.8) is 0 Å². The van der Waals surface area contributed by atoms with E-state index >= 15 is 0 Å². The zero-order valence-corrected chi connectivity index (χ0v) is 2.44. The summed E-state index contributed by atoms with van der Waals surface area (Å²) in [7, 11) is 4.78. The van der Waals surface area contributed by atoms with Crippen molar-refractivity contribution in [3.05, 3.63) is 0 Å². The largest absolute Gasteiger partial charge is 0.623 e. The number of aliphatic hydroxyl groups is 1. The van der Waals surface area contributed by atoms with Gasteiger partial charge in [-0.15, -0.1) is 0 Å². The van der Waals surface area contributed by atoms with Crippen LogP contribution in [0.25, 0.3) is 0 Å². The molecule has 0 rings (SSSR count). The number of rotatable bonds is 1. The first kappa shape index (κ1) is 4.02. The topological polar surface area (TPSA) is 20.2 Å². The minimum Gasteiger partial charge on any atom is -0.623 e. The van der Waals surface area contributed by atoms with Crippen LogP contribution in [0.3, 0.4) is 0 Å². The molecule has 0 aliphatic heterocycles. The molecule has 0 spiro atoms. The Morgan fingerprint density at radius 2 is 2.00 bits per heavy atom. The summed E-state index contributed by atoms with van der Waals surface area (Å²) in [5.74, 6) is 0. The third-order valence-electron chi connectivity index (χ3n) is 0.129. The third kappa shape index (κ3) is 2.02. The van der Waals surface area contributed by atoms with Crippen molar-refractivity contribution in [2.75, 3.05) is 6.61 Å². The molecule has 0 saturated heterocycles. The molecule has 1 nitrogen and oxygen atoms in total. The normalized spacial score (nSPS) is 7.50. The van der Waals surface area contributed by atoms with E-state index in [1.165, 1.54) is 0 Å². The van der Waals surface area contributed by atoms with Crippen LogP contribution in [-0.2, 0) is 0 Å². The Kier molecular flexibility index (Phi) is 3.04.